The molecule has 1 fully saturated rings. The Morgan fingerprint density at radius 3 is 2.73 bits per heavy atom. The number of sulfonamides is 1. The maximum atomic E-state index is 11.9. The molecule has 0 bridgehead atoms. The zero-order valence-electron chi connectivity index (χ0n) is 8.27. The highest BCUT2D eigenvalue weighted by Crippen LogP contribution is 2.19. The van der Waals surface area contributed by atoms with E-state index in [9.17, 15) is 8.42 Å². The van der Waals surface area contributed by atoms with Crippen LogP contribution in [0.15, 0.2) is 16.8 Å². The van der Waals surface area contributed by atoms with Crippen molar-refractivity contribution < 1.29 is 8.42 Å². The molecule has 0 radical (unpaired) electrons. The third-order valence-corrected chi connectivity index (χ3v) is 5.06. The van der Waals surface area contributed by atoms with Crippen LogP contribution in [0.1, 0.15) is 12.8 Å². The molecule has 0 spiro atoms. The van der Waals surface area contributed by atoms with Gasteiger partial charge in [-0.1, -0.05) is 0 Å². The summed E-state index contributed by atoms with van der Waals surface area (Å²) >= 11 is 1.49. The van der Waals surface area contributed by atoms with E-state index in [1.807, 2.05) is 5.38 Å². The van der Waals surface area contributed by atoms with Gasteiger partial charge in [0.1, 0.15) is 0 Å². The van der Waals surface area contributed by atoms with Crippen LogP contribution in [0.3, 0.4) is 0 Å². The lowest BCUT2D eigenvalue weighted by atomic mass is 10.2. The Morgan fingerprint density at radius 2 is 2.13 bits per heavy atom. The third kappa shape index (κ3) is 2.70. The molecule has 0 unspecified atom stereocenters. The van der Waals surface area contributed by atoms with Gasteiger partial charge in [-0.3, -0.25) is 4.72 Å². The number of anilines is 1. The van der Waals surface area contributed by atoms with Gasteiger partial charge >= 0.3 is 0 Å². The summed E-state index contributed by atoms with van der Waals surface area (Å²) < 4.78 is 26.5. The van der Waals surface area contributed by atoms with Crippen LogP contribution in [0.25, 0.3) is 0 Å². The van der Waals surface area contributed by atoms with Crippen LogP contribution in [0.5, 0.6) is 0 Å². The maximum absolute atomic E-state index is 11.9. The third-order valence-electron chi connectivity index (χ3n) is 2.51. The molecule has 1 aliphatic rings. The van der Waals surface area contributed by atoms with E-state index >= 15 is 0 Å². The van der Waals surface area contributed by atoms with Crippen molar-refractivity contribution in [3.05, 3.63) is 16.8 Å². The molecule has 2 rings (SSSR count). The van der Waals surface area contributed by atoms with Crippen molar-refractivity contribution in [3.63, 3.8) is 0 Å². The summed E-state index contributed by atoms with van der Waals surface area (Å²) in [6.45, 7) is 1.57. The summed E-state index contributed by atoms with van der Waals surface area (Å²) in [5.41, 5.74) is 0.679. The first kappa shape index (κ1) is 10.9. The fourth-order valence-electron chi connectivity index (χ4n) is 1.68. The summed E-state index contributed by atoms with van der Waals surface area (Å²) in [5.74, 6) is 0. The molecule has 6 heteroatoms. The average Bonchev–Trinajstić information content (AvgIpc) is 2.71. The lowest BCUT2D eigenvalue weighted by molar-refractivity contribution is 0.499. The van der Waals surface area contributed by atoms with Crippen LogP contribution in [0.4, 0.5) is 5.69 Å². The predicted octanol–water partition coefficient (Wildman–Crippen LogP) is 1.24. The van der Waals surface area contributed by atoms with Crippen molar-refractivity contribution in [2.24, 2.45) is 0 Å². The minimum absolute atomic E-state index is 0.251. The van der Waals surface area contributed by atoms with E-state index in [1.165, 1.54) is 11.3 Å². The molecule has 15 heavy (non-hydrogen) atoms. The van der Waals surface area contributed by atoms with Crippen molar-refractivity contribution >= 4 is 27.0 Å². The second-order valence-electron chi connectivity index (χ2n) is 3.61. The number of piperidine rings is 1. The summed E-state index contributed by atoms with van der Waals surface area (Å²) in [6.07, 6.45) is 1.39. The molecule has 1 aromatic rings. The first-order valence-electron chi connectivity index (χ1n) is 4.93. The molecule has 0 amide bonds. The fraction of sp³-hybridized carbons (Fsp3) is 0.556. The van der Waals surface area contributed by atoms with Gasteiger partial charge in [-0.15, -0.1) is 0 Å². The quantitative estimate of drug-likeness (QED) is 0.843. The van der Waals surface area contributed by atoms with Crippen LogP contribution >= 0.6 is 11.3 Å². The SMILES string of the molecule is O=S(=O)(Nc1ccsc1)C1CCNCC1. The van der Waals surface area contributed by atoms with Gasteiger partial charge in [0, 0.05) is 5.38 Å². The molecular weight excluding hydrogens is 232 g/mol. The summed E-state index contributed by atoms with van der Waals surface area (Å²) in [4.78, 5) is 0. The van der Waals surface area contributed by atoms with Gasteiger partial charge in [0.05, 0.1) is 10.9 Å². The molecule has 4 nitrogen and oxygen atoms in total. The lowest BCUT2D eigenvalue weighted by Crippen LogP contribution is -2.38. The number of nitrogens with one attached hydrogen (secondary N) is 2. The smallest absolute Gasteiger partial charge is 0.235 e. The molecule has 1 saturated heterocycles. The minimum atomic E-state index is -3.19. The van der Waals surface area contributed by atoms with Crippen LogP contribution in [-0.2, 0) is 10.0 Å². The zero-order chi connectivity index (χ0) is 10.7. The maximum Gasteiger partial charge on any atom is 0.235 e. The lowest BCUT2D eigenvalue weighted by Gasteiger charge is -2.22. The largest absolute Gasteiger partial charge is 0.317 e. The Hall–Kier alpha value is -0.590. The van der Waals surface area contributed by atoms with Crippen molar-refractivity contribution in [1.29, 1.82) is 0 Å². The minimum Gasteiger partial charge on any atom is -0.317 e. The Balaban J connectivity index is 2.05. The molecule has 84 valence electrons. The van der Waals surface area contributed by atoms with Gasteiger partial charge in [-0.25, -0.2) is 8.42 Å². The van der Waals surface area contributed by atoms with Crippen molar-refractivity contribution in [2.75, 3.05) is 17.8 Å². The Bertz CT molecular complexity index is 394. The van der Waals surface area contributed by atoms with Crippen LogP contribution in [0, 0.1) is 0 Å². The normalized spacial score (nSPS) is 18.9. The van der Waals surface area contributed by atoms with E-state index in [4.69, 9.17) is 0 Å². The monoisotopic (exact) mass is 246 g/mol. The number of hydrogen-bond donors (Lipinski definition) is 2. The number of hydrogen-bond acceptors (Lipinski definition) is 4. The van der Waals surface area contributed by atoms with E-state index in [1.54, 1.807) is 11.4 Å². The first-order chi connectivity index (χ1) is 7.18. The van der Waals surface area contributed by atoms with Gasteiger partial charge in [0.15, 0.2) is 0 Å². The zero-order valence-corrected chi connectivity index (χ0v) is 9.90. The highest BCUT2D eigenvalue weighted by atomic mass is 32.2. The number of thiophene rings is 1. The first-order valence-corrected chi connectivity index (χ1v) is 7.42. The summed E-state index contributed by atoms with van der Waals surface area (Å²) in [5, 5.41) is 6.57. The van der Waals surface area contributed by atoms with Crippen molar-refractivity contribution in [3.8, 4) is 0 Å². The Kier molecular flexibility index (Phi) is 3.28. The fourth-order valence-corrected chi connectivity index (χ4v) is 3.82. The summed E-state index contributed by atoms with van der Waals surface area (Å²) in [7, 11) is -3.19. The van der Waals surface area contributed by atoms with Gasteiger partial charge < -0.3 is 5.32 Å². The average molecular weight is 246 g/mol. The van der Waals surface area contributed by atoms with E-state index in [0.717, 1.165) is 13.1 Å². The number of rotatable bonds is 3. The van der Waals surface area contributed by atoms with Gasteiger partial charge in [0.25, 0.3) is 0 Å². The molecule has 0 aliphatic carbocycles. The molecule has 1 aromatic heterocycles. The topological polar surface area (TPSA) is 58.2 Å². The molecule has 0 atom stereocenters. The molecule has 1 aliphatic heterocycles. The summed E-state index contributed by atoms with van der Waals surface area (Å²) in [6, 6.07) is 1.78. The van der Waals surface area contributed by atoms with Crippen LogP contribution < -0.4 is 10.0 Å². The molecule has 0 aromatic carbocycles. The molecule has 0 saturated carbocycles. The molecular formula is C9H14N2O2S2. The standard InChI is InChI=1S/C9H14N2O2S2/c12-15(13,9-1-4-10-5-2-9)11-8-3-6-14-7-8/h3,6-7,9-11H,1-2,4-5H2. The Labute approximate surface area is 93.8 Å². The van der Waals surface area contributed by atoms with Gasteiger partial charge in [-0.2, -0.15) is 11.3 Å². The van der Waals surface area contributed by atoms with Crippen molar-refractivity contribution in [1.82, 2.24) is 5.32 Å². The van der Waals surface area contributed by atoms with Crippen molar-refractivity contribution in [2.45, 2.75) is 18.1 Å². The highest BCUT2D eigenvalue weighted by Gasteiger charge is 2.26. The second-order valence-corrected chi connectivity index (χ2v) is 6.35. The van der Waals surface area contributed by atoms with E-state index < -0.39 is 10.0 Å². The van der Waals surface area contributed by atoms with E-state index in [2.05, 4.69) is 10.0 Å². The Morgan fingerprint density at radius 1 is 1.40 bits per heavy atom. The van der Waals surface area contributed by atoms with Crippen LogP contribution in [0.2, 0.25) is 0 Å². The second kappa shape index (κ2) is 4.51. The van der Waals surface area contributed by atoms with E-state index in [0.29, 0.717) is 18.5 Å². The highest BCUT2D eigenvalue weighted by molar-refractivity contribution is 7.93. The molecule has 2 N–H and O–H groups in total. The van der Waals surface area contributed by atoms with Gasteiger partial charge in [0.2, 0.25) is 10.0 Å². The van der Waals surface area contributed by atoms with Crippen LogP contribution in [-0.4, -0.2) is 26.8 Å². The molecule has 2 heterocycles. The predicted molar refractivity (Wildman–Crippen MR) is 62.8 cm³/mol. The van der Waals surface area contributed by atoms with E-state index in [-0.39, 0.29) is 5.25 Å². The van der Waals surface area contributed by atoms with Gasteiger partial charge in [-0.05, 0) is 37.4 Å².